The molecule has 0 bridgehead atoms. The highest BCUT2D eigenvalue weighted by atomic mass is 16.5. The molecule has 1 atom stereocenters. The summed E-state index contributed by atoms with van der Waals surface area (Å²) >= 11 is 0. The molecule has 23 heavy (non-hydrogen) atoms. The summed E-state index contributed by atoms with van der Waals surface area (Å²) in [5.74, 6) is 2.13. The van der Waals surface area contributed by atoms with E-state index in [2.05, 4.69) is 37.2 Å². The maximum absolute atomic E-state index is 5.45. The summed E-state index contributed by atoms with van der Waals surface area (Å²) in [6.45, 7) is 11.0. The SMILES string of the molecule is CCNC(=NCc1nc(C)no1)N1CCC(N2CCOCC2)C1. The Kier molecular flexibility index (Phi) is 5.45. The zero-order valence-electron chi connectivity index (χ0n) is 14.0. The van der Waals surface area contributed by atoms with Crippen molar-refractivity contribution in [2.75, 3.05) is 45.9 Å². The van der Waals surface area contributed by atoms with Crippen LogP contribution >= 0.6 is 0 Å². The van der Waals surface area contributed by atoms with Gasteiger partial charge in [-0.25, -0.2) is 4.99 Å². The lowest BCUT2D eigenvalue weighted by Gasteiger charge is -2.32. The van der Waals surface area contributed by atoms with Gasteiger partial charge >= 0.3 is 0 Å². The topological polar surface area (TPSA) is 79.0 Å². The summed E-state index contributed by atoms with van der Waals surface area (Å²) in [4.78, 5) is 13.7. The third kappa shape index (κ3) is 4.20. The van der Waals surface area contributed by atoms with Gasteiger partial charge in [0.2, 0.25) is 5.89 Å². The minimum absolute atomic E-state index is 0.419. The number of morpholine rings is 1. The van der Waals surface area contributed by atoms with E-state index in [-0.39, 0.29) is 0 Å². The Labute approximate surface area is 136 Å². The number of guanidine groups is 1. The molecule has 3 rings (SSSR count). The molecule has 2 saturated heterocycles. The third-order valence-corrected chi connectivity index (χ3v) is 4.29. The smallest absolute Gasteiger partial charge is 0.248 e. The van der Waals surface area contributed by atoms with E-state index in [4.69, 9.17) is 9.26 Å². The van der Waals surface area contributed by atoms with E-state index in [1.807, 2.05) is 6.92 Å². The molecule has 0 aliphatic carbocycles. The van der Waals surface area contributed by atoms with Crippen LogP contribution < -0.4 is 5.32 Å². The van der Waals surface area contributed by atoms with Crippen molar-refractivity contribution in [3.8, 4) is 0 Å². The first-order valence-electron chi connectivity index (χ1n) is 8.40. The number of aryl methyl sites for hydroxylation is 1. The highest BCUT2D eigenvalue weighted by Gasteiger charge is 2.30. The lowest BCUT2D eigenvalue weighted by molar-refractivity contribution is 0.0195. The highest BCUT2D eigenvalue weighted by molar-refractivity contribution is 5.80. The van der Waals surface area contributed by atoms with Gasteiger partial charge < -0.3 is 19.5 Å². The normalized spacial score (nSPS) is 23.5. The Balaban J connectivity index is 1.59. The Morgan fingerprint density at radius 2 is 2.17 bits per heavy atom. The van der Waals surface area contributed by atoms with Gasteiger partial charge in [-0.1, -0.05) is 5.16 Å². The first-order chi connectivity index (χ1) is 11.3. The average molecular weight is 322 g/mol. The zero-order chi connectivity index (χ0) is 16.1. The van der Waals surface area contributed by atoms with Gasteiger partial charge in [0.05, 0.1) is 13.2 Å². The summed E-state index contributed by atoms with van der Waals surface area (Å²) in [5.41, 5.74) is 0. The molecule has 2 fully saturated rings. The van der Waals surface area contributed by atoms with Crippen LogP contribution in [0.3, 0.4) is 0 Å². The summed E-state index contributed by atoms with van der Waals surface area (Å²) in [5, 5.41) is 7.17. The van der Waals surface area contributed by atoms with Crippen molar-refractivity contribution >= 4 is 5.96 Å². The van der Waals surface area contributed by atoms with Crippen LogP contribution in [-0.2, 0) is 11.3 Å². The monoisotopic (exact) mass is 322 g/mol. The first kappa shape index (κ1) is 16.2. The molecule has 0 amide bonds. The molecule has 2 aliphatic heterocycles. The minimum Gasteiger partial charge on any atom is -0.379 e. The van der Waals surface area contributed by atoms with Crippen molar-refractivity contribution in [3.05, 3.63) is 11.7 Å². The fourth-order valence-electron chi connectivity index (χ4n) is 3.15. The number of nitrogens with one attached hydrogen (secondary N) is 1. The maximum Gasteiger partial charge on any atom is 0.248 e. The van der Waals surface area contributed by atoms with Crippen molar-refractivity contribution in [3.63, 3.8) is 0 Å². The molecule has 128 valence electrons. The van der Waals surface area contributed by atoms with Gasteiger partial charge in [0.15, 0.2) is 11.8 Å². The van der Waals surface area contributed by atoms with Gasteiger partial charge in [-0.05, 0) is 20.3 Å². The van der Waals surface area contributed by atoms with Crippen LogP contribution in [0.1, 0.15) is 25.1 Å². The number of hydrogen-bond donors (Lipinski definition) is 1. The van der Waals surface area contributed by atoms with E-state index >= 15 is 0 Å². The highest BCUT2D eigenvalue weighted by Crippen LogP contribution is 2.17. The molecule has 3 heterocycles. The molecule has 1 unspecified atom stereocenters. The fraction of sp³-hybridized carbons (Fsp3) is 0.800. The molecule has 0 aromatic carbocycles. The molecule has 8 nitrogen and oxygen atoms in total. The van der Waals surface area contributed by atoms with Gasteiger partial charge in [0.25, 0.3) is 0 Å². The van der Waals surface area contributed by atoms with E-state index < -0.39 is 0 Å². The lowest BCUT2D eigenvalue weighted by Crippen LogP contribution is -2.46. The van der Waals surface area contributed by atoms with Crippen molar-refractivity contribution in [1.82, 2.24) is 25.3 Å². The molecule has 0 saturated carbocycles. The summed E-state index contributed by atoms with van der Waals surface area (Å²) < 4.78 is 10.6. The zero-order valence-corrected chi connectivity index (χ0v) is 14.0. The van der Waals surface area contributed by atoms with Crippen LogP contribution in [-0.4, -0.2) is 77.9 Å². The maximum atomic E-state index is 5.45. The van der Waals surface area contributed by atoms with Crippen molar-refractivity contribution in [1.29, 1.82) is 0 Å². The fourth-order valence-corrected chi connectivity index (χ4v) is 3.15. The van der Waals surface area contributed by atoms with Crippen LogP contribution in [0.2, 0.25) is 0 Å². The van der Waals surface area contributed by atoms with Crippen molar-refractivity contribution in [2.45, 2.75) is 32.9 Å². The number of ether oxygens (including phenoxy) is 1. The number of nitrogens with zero attached hydrogens (tertiary/aromatic N) is 5. The average Bonchev–Trinajstić information content (AvgIpc) is 3.21. The summed E-state index contributed by atoms with van der Waals surface area (Å²) in [6.07, 6.45) is 1.17. The van der Waals surface area contributed by atoms with Crippen LogP contribution in [0, 0.1) is 6.92 Å². The largest absolute Gasteiger partial charge is 0.379 e. The Morgan fingerprint density at radius 1 is 1.35 bits per heavy atom. The Bertz CT molecular complexity index is 526. The molecule has 0 radical (unpaired) electrons. The number of aliphatic imine (C=N–C) groups is 1. The molecule has 0 spiro atoms. The second kappa shape index (κ2) is 7.74. The van der Waals surface area contributed by atoms with Gasteiger partial charge in [-0.2, -0.15) is 4.98 Å². The summed E-state index contributed by atoms with van der Waals surface area (Å²) in [7, 11) is 0. The first-order valence-corrected chi connectivity index (χ1v) is 8.40. The van der Waals surface area contributed by atoms with Crippen LogP contribution in [0.25, 0.3) is 0 Å². The van der Waals surface area contributed by atoms with E-state index in [0.717, 1.165) is 51.9 Å². The second-order valence-corrected chi connectivity index (χ2v) is 5.94. The van der Waals surface area contributed by atoms with Gasteiger partial charge in [-0.3, -0.25) is 4.90 Å². The Morgan fingerprint density at radius 3 is 2.87 bits per heavy atom. The molecular formula is C15H26N6O2. The molecular weight excluding hydrogens is 296 g/mol. The van der Waals surface area contributed by atoms with Crippen molar-refractivity contribution in [2.24, 2.45) is 4.99 Å². The van der Waals surface area contributed by atoms with E-state index in [9.17, 15) is 0 Å². The number of aromatic nitrogens is 2. The Hall–Kier alpha value is -1.67. The van der Waals surface area contributed by atoms with Gasteiger partial charge in [0, 0.05) is 38.8 Å². The minimum atomic E-state index is 0.419. The van der Waals surface area contributed by atoms with Crippen LogP contribution in [0.5, 0.6) is 0 Å². The predicted molar refractivity (Wildman–Crippen MR) is 86.2 cm³/mol. The molecule has 1 aromatic rings. The molecule has 8 heteroatoms. The number of likely N-dealkylation sites (tertiary alicyclic amines) is 1. The molecule has 2 aliphatic rings. The third-order valence-electron chi connectivity index (χ3n) is 4.29. The van der Waals surface area contributed by atoms with E-state index in [0.29, 0.717) is 24.3 Å². The number of hydrogen-bond acceptors (Lipinski definition) is 6. The van der Waals surface area contributed by atoms with Crippen LogP contribution in [0.4, 0.5) is 0 Å². The standard InChI is InChI=1S/C15H26N6O2/c1-3-16-15(17-10-14-18-12(2)19-23-14)21-5-4-13(11-21)20-6-8-22-9-7-20/h13H,3-11H2,1-2H3,(H,16,17). The lowest BCUT2D eigenvalue weighted by atomic mass is 10.2. The van der Waals surface area contributed by atoms with E-state index in [1.54, 1.807) is 0 Å². The molecule has 1 aromatic heterocycles. The van der Waals surface area contributed by atoms with E-state index in [1.165, 1.54) is 6.42 Å². The summed E-state index contributed by atoms with van der Waals surface area (Å²) in [6, 6.07) is 0.591. The predicted octanol–water partition coefficient (Wildman–Crippen LogP) is 0.250. The quantitative estimate of drug-likeness (QED) is 0.629. The van der Waals surface area contributed by atoms with Gasteiger partial charge in [0.1, 0.15) is 6.54 Å². The van der Waals surface area contributed by atoms with Gasteiger partial charge in [-0.15, -0.1) is 0 Å². The van der Waals surface area contributed by atoms with Crippen molar-refractivity contribution < 1.29 is 9.26 Å². The molecule has 1 N–H and O–H groups in total. The number of rotatable bonds is 4. The van der Waals surface area contributed by atoms with Crippen LogP contribution in [0.15, 0.2) is 9.52 Å². The second-order valence-electron chi connectivity index (χ2n) is 5.94.